The summed E-state index contributed by atoms with van der Waals surface area (Å²) in [4.78, 5) is 31.1. The molecule has 0 aliphatic carbocycles. The fourth-order valence-electron chi connectivity index (χ4n) is 3.66. The fourth-order valence-corrected chi connectivity index (χ4v) is 5.53. The van der Waals surface area contributed by atoms with E-state index in [2.05, 4.69) is 22.2 Å². The molecule has 7 nitrogen and oxygen atoms in total. The van der Waals surface area contributed by atoms with E-state index >= 15 is 0 Å². The minimum absolute atomic E-state index is 0.0149. The van der Waals surface area contributed by atoms with Gasteiger partial charge in [-0.2, -0.15) is 0 Å². The number of anilines is 1. The number of sulfone groups is 1. The van der Waals surface area contributed by atoms with Crippen LogP contribution in [0.25, 0.3) is 0 Å². The number of aromatic nitrogens is 2. The summed E-state index contributed by atoms with van der Waals surface area (Å²) in [6.45, 7) is 7.95. The number of hydrogen-bond acceptors (Lipinski definition) is 6. The molecular weight excluding hydrogens is 470 g/mol. The number of nitrogens with zero attached hydrogens (tertiary/aromatic N) is 1. The van der Waals surface area contributed by atoms with Gasteiger partial charge >= 0.3 is 0 Å². The van der Waals surface area contributed by atoms with Crippen molar-refractivity contribution >= 4 is 33.2 Å². The molecule has 3 aromatic rings. The van der Waals surface area contributed by atoms with Gasteiger partial charge in [0, 0.05) is 5.69 Å². The van der Waals surface area contributed by atoms with E-state index in [9.17, 15) is 18.0 Å². The molecular formula is C25H29N3O4S2. The molecule has 0 atom stereocenters. The minimum atomic E-state index is -4.00. The number of carbonyl (C=O) groups excluding carboxylic acids is 1. The lowest BCUT2D eigenvalue weighted by atomic mass is 10.1. The van der Waals surface area contributed by atoms with E-state index in [4.69, 9.17) is 0 Å². The Morgan fingerprint density at radius 1 is 1.09 bits per heavy atom. The molecule has 180 valence electrons. The Hall–Kier alpha value is -2.91. The predicted octanol–water partition coefficient (Wildman–Crippen LogP) is 4.60. The lowest BCUT2D eigenvalue weighted by molar-refractivity contribution is -0.113. The molecule has 0 fully saturated rings. The van der Waals surface area contributed by atoms with Crippen LogP contribution >= 0.6 is 11.8 Å². The fraction of sp³-hybridized carbons (Fsp3) is 0.320. The third kappa shape index (κ3) is 6.15. The lowest BCUT2D eigenvalue weighted by Crippen LogP contribution is -2.20. The van der Waals surface area contributed by atoms with Crippen LogP contribution in [0.5, 0.6) is 0 Å². The molecule has 0 saturated carbocycles. The van der Waals surface area contributed by atoms with Crippen LogP contribution in [-0.2, 0) is 21.1 Å². The zero-order valence-electron chi connectivity index (χ0n) is 19.8. The van der Waals surface area contributed by atoms with Crippen LogP contribution in [0.1, 0.15) is 42.0 Å². The van der Waals surface area contributed by atoms with Gasteiger partial charge in [0.1, 0.15) is 0 Å². The smallest absolute Gasteiger partial charge is 0.270 e. The van der Waals surface area contributed by atoms with Gasteiger partial charge in [-0.05, 0) is 62.4 Å². The third-order valence-corrected chi connectivity index (χ3v) is 8.02. The number of carbonyl (C=O) groups is 1. The Labute approximate surface area is 204 Å². The summed E-state index contributed by atoms with van der Waals surface area (Å²) in [5.74, 6) is -0.233. The number of amides is 1. The highest BCUT2D eigenvalue weighted by Gasteiger charge is 2.22. The summed E-state index contributed by atoms with van der Waals surface area (Å²) in [5.41, 5.74) is 4.10. The zero-order valence-corrected chi connectivity index (χ0v) is 21.4. The maximum atomic E-state index is 12.9. The molecule has 0 radical (unpaired) electrons. The standard InChI is InChI=1S/C25H29N3O4S2/c1-5-6-7-19-8-10-20(11-9-19)34(31,32)21-14-26-25(28-24(21)30)33-15-22(29)27-23-17(3)12-16(2)13-18(23)4/h8-14H,5-7,15H2,1-4H3,(H,27,29)(H,26,28,30). The van der Waals surface area contributed by atoms with Crippen LogP contribution in [-0.4, -0.2) is 30.0 Å². The summed E-state index contributed by atoms with van der Waals surface area (Å²) in [7, 11) is -4.00. The number of H-pyrrole nitrogens is 1. The molecule has 0 spiro atoms. The Bertz CT molecular complexity index is 1320. The molecule has 0 aliphatic rings. The molecule has 1 heterocycles. The van der Waals surface area contributed by atoms with E-state index in [1.165, 1.54) is 12.1 Å². The molecule has 1 aromatic heterocycles. The number of benzene rings is 2. The Morgan fingerprint density at radius 3 is 2.32 bits per heavy atom. The normalized spacial score (nSPS) is 11.4. The van der Waals surface area contributed by atoms with Crippen molar-refractivity contribution in [2.75, 3.05) is 11.1 Å². The van der Waals surface area contributed by atoms with Gasteiger partial charge in [-0.1, -0.05) is 54.9 Å². The van der Waals surface area contributed by atoms with Crippen LogP contribution in [0, 0.1) is 20.8 Å². The Balaban J connectivity index is 1.69. The highest BCUT2D eigenvalue weighted by Crippen LogP contribution is 2.23. The van der Waals surface area contributed by atoms with Crippen molar-refractivity contribution in [3.8, 4) is 0 Å². The van der Waals surface area contributed by atoms with Gasteiger partial charge in [0.05, 0.1) is 16.8 Å². The van der Waals surface area contributed by atoms with Crippen molar-refractivity contribution in [2.45, 2.75) is 61.9 Å². The summed E-state index contributed by atoms with van der Waals surface area (Å²) in [6, 6.07) is 10.6. The number of hydrogen-bond donors (Lipinski definition) is 2. The lowest BCUT2D eigenvalue weighted by Gasteiger charge is -2.12. The van der Waals surface area contributed by atoms with Gasteiger partial charge < -0.3 is 10.3 Å². The molecule has 1 amide bonds. The first kappa shape index (κ1) is 25.7. The largest absolute Gasteiger partial charge is 0.325 e. The van der Waals surface area contributed by atoms with Gasteiger partial charge in [0.25, 0.3) is 5.56 Å². The molecule has 9 heteroatoms. The van der Waals surface area contributed by atoms with Crippen molar-refractivity contribution in [1.29, 1.82) is 0 Å². The number of thioether (sulfide) groups is 1. The van der Waals surface area contributed by atoms with Crippen LogP contribution in [0.15, 0.2) is 62.3 Å². The van der Waals surface area contributed by atoms with Crippen LogP contribution in [0.3, 0.4) is 0 Å². The van der Waals surface area contributed by atoms with Gasteiger partial charge in [0.2, 0.25) is 15.7 Å². The van der Waals surface area contributed by atoms with Crippen molar-refractivity contribution in [3.63, 3.8) is 0 Å². The first-order valence-corrected chi connectivity index (χ1v) is 13.5. The molecule has 3 rings (SSSR count). The molecule has 0 unspecified atom stereocenters. The second-order valence-corrected chi connectivity index (χ2v) is 11.1. The third-order valence-electron chi connectivity index (χ3n) is 5.37. The van der Waals surface area contributed by atoms with E-state index < -0.39 is 20.3 Å². The number of nitrogens with one attached hydrogen (secondary N) is 2. The SMILES string of the molecule is CCCCc1ccc(S(=O)(=O)c2cnc(SCC(=O)Nc3c(C)cc(C)cc3C)[nH]c2=O)cc1. The second-order valence-electron chi connectivity index (χ2n) is 8.24. The van der Waals surface area contributed by atoms with E-state index in [1.54, 1.807) is 12.1 Å². The topological polar surface area (TPSA) is 109 Å². The summed E-state index contributed by atoms with van der Waals surface area (Å²) < 4.78 is 25.8. The number of aryl methyl sites for hydroxylation is 4. The maximum Gasteiger partial charge on any atom is 0.270 e. The number of unbranched alkanes of at least 4 members (excludes halogenated alkanes) is 1. The van der Waals surface area contributed by atoms with Crippen LogP contribution in [0.4, 0.5) is 5.69 Å². The van der Waals surface area contributed by atoms with E-state index in [0.717, 1.165) is 65.2 Å². The number of rotatable bonds is 9. The van der Waals surface area contributed by atoms with Gasteiger partial charge in [-0.25, -0.2) is 13.4 Å². The predicted molar refractivity (Wildman–Crippen MR) is 135 cm³/mol. The van der Waals surface area contributed by atoms with E-state index in [1.807, 2.05) is 32.9 Å². The zero-order chi connectivity index (χ0) is 24.9. The molecule has 0 aliphatic heterocycles. The average molecular weight is 500 g/mol. The monoisotopic (exact) mass is 499 g/mol. The summed E-state index contributed by atoms with van der Waals surface area (Å²) in [6.07, 6.45) is 4.00. The average Bonchev–Trinajstić information content (AvgIpc) is 2.78. The highest BCUT2D eigenvalue weighted by molar-refractivity contribution is 7.99. The van der Waals surface area contributed by atoms with Crippen molar-refractivity contribution in [1.82, 2.24) is 9.97 Å². The van der Waals surface area contributed by atoms with Gasteiger partial charge in [-0.3, -0.25) is 9.59 Å². The Morgan fingerprint density at radius 2 is 1.74 bits per heavy atom. The van der Waals surface area contributed by atoms with E-state index in [-0.39, 0.29) is 21.7 Å². The maximum absolute atomic E-state index is 12.9. The van der Waals surface area contributed by atoms with Gasteiger partial charge in [0.15, 0.2) is 10.1 Å². The quantitative estimate of drug-likeness (QED) is 0.329. The van der Waals surface area contributed by atoms with Crippen molar-refractivity contribution in [2.24, 2.45) is 0 Å². The van der Waals surface area contributed by atoms with Gasteiger partial charge in [-0.15, -0.1) is 0 Å². The summed E-state index contributed by atoms with van der Waals surface area (Å²) >= 11 is 1.03. The van der Waals surface area contributed by atoms with Crippen LogP contribution in [0.2, 0.25) is 0 Å². The first-order valence-electron chi connectivity index (χ1n) is 11.1. The Kier molecular flexibility index (Phi) is 8.33. The van der Waals surface area contributed by atoms with E-state index in [0.29, 0.717) is 0 Å². The first-order chi connectivity index (χ1) is 16.1. The molecule has 34 heavy (non-hydrogen) atoms. The molecule has 0 bridgehead atoms. The minimum Gasteiger partial charge on any atom is -0.325 e. The summed E-state index contributed by atoms with van der Waals surface area (Å²) in [5, 5.41) is 3.06. The highest BCUT2D eigenvalue weighted by atomic mass is 32.2. The second kappa shape index (κ2) is 11.0. The van der Waals surface area contributed by atoms with Crippen molar-refractivity contribution < 1.29 is 13.2 Å². The molecule has 0 saturated heterocycles. The van der Waals surface area contributed by atoms with Crippen molar-refractivity contribution in [3.05, 3.63) is 75.2 Å². The molecule has 2 aromatic carbocycles. The molecule has 2 N–H and O–H groups in total. The van der Waals surface area contributed by atoms with Crippen LogP contribution < -0.4 is 10.9 Å². The number of aromatic amines is 1.